The molecule has 2 aromatic rings. The largest absolute Gasteiger partial charge is 0.497 e. The second-order valence-corrected chi connectivity index (χ2v) is 10.6. The van der Waals surface area contributed by atoms with E-state index in [1.165, 1.54) is 20.1 Å². The SMILES string of the molecule is COc1cc(NS(=O)(=O)c2c(C(C)C)cc(C(C)C)cc2C(C)C)c(C)c(C(F)(F)F)c1. The van der Waals surface area contributed by atoms with Crippen molar-refractivity contribution in [3.05, 3.63) is 52.1 Å². The van der Waals surface area contributed by atoms with Gasteiger partial charge < -0.3 is 4.74 Å². The number of anilines is 1. The third-order valence-corrected chi connectivity index (χ3v) is 7.01. The molecule has 178 valence electrons. The first-order chi connectivity index (χ1) is 14.6. The monoisotopic (exact) mass is 471 g/mol. The van der Waals surface area contributed by atoms with Crippen molar-refractivity contribution in [2.24, 2.45) is 0 Å². The first-order valence-electron chi connectivity index (χ1n) is 10.6. The van der Waals surface area contributed by atoms with Crippen molar-refractivity contribution in [3.8, 4) is 5.75 Å². The summed E-state index contributed by atoms with van der Waals surface area (Å²) in [6.45, 7) is 12.9. The molecule has 0 radical (unpaired) electrons. The summed E-state index contributed by atoms with van der Waals surface area (Å²) >= 11 is 0. The molecule has 0 unspecified atom stereocenters. The Labute approximate surface area is 189 Å². The molecule has 0 heterocycles. The quantitative estimate of drug-likeness (QED) is 0.465. The summed E-state index contributed by atoms with van der Waals surface area (Å²) < 4.78 is 75.2. The van der Waals surface area contributed by atoms with E-state index in [1.54, 1.807) is 0 Å². The van der Waals surface area contributed by atoms with Crippen molar-refractivity contribution < 1.29 is 26.3 Å². The maximum Gasteiger partial charge on any atom is 0.416 e. The lowest BCUT2D eigenvalue weighted by molar-refractivity contribution is -0.138. The van der Waals surface area contributed by atoms with Crippen LogP contribution in [-0.2, 0) is 16.2 Å². The molecule has 0 aliphatic rings. The number of methoxy groups -OCH3 is 1. The minimum atomic E-state index is -4.65. The highest BCUT2D eigenvalue weighted by molar-refractivity contribution is 7.92. The molecule has 0 fully saturated rings. The highest BCUT2D eigenvalue weighted by Gasteiger charge is 2.35. The molecule has 32 heavy (non-hydrogen) atoms. The number of sulfonamides is 1. The zero-order chi connectivity index (χ0) is 24.6. The highest BCUT2D eigenvalue weighted by atomic mass is 32.2. The Balaban J connectivity index is 2.78. The predicted molar refractivity (Wildman–Crippen MR) is 122 cm³/mol. The fraction of sp³-hybridized carbons (Fsp3) is 0.500. The van der Waals surface area contributed by atoms with Gasteiger partial charge in [0.2, 0.25) is 0 Å². The van der Waals surface area contributed by atoms with Gasteiger partial charge in [-0.25, -0.2) is 8.42 Å². The molecule has 0 spiro atoms. The maximum absolute atomic E-state index is 13.6. The van der Waals surface area contributed by atoms with Gasteiger partial charge in [-0.2, -0.15) is 13.2 Å². The van der Waals surface area contributed by atoms with E-state index >= 15 is 0 Å². The third-order valence-electron chi connectivity index (χ3n) is 5.51. The van der Waals surface area contributed by atoms with Gasteiger partial charge in [0.1, 0.15) is 5.75 Å². The van der Waals surface area contributed by atoms with Crippen LogP contribution < -0.4 is 9.46 Å². The van der Waals surface area contributed by atoms with E-state index in [4.69, 9.17) is 4.74 Å². The fourth-order valence-corrected chi connectivity index (χ4v) is 5.42. The van der Waals surface area contributed by atoms with Gasteiger partial charge in [0, 0.05) is 6.07 Å². The van der Waals surface area contributed by atoms with E-state index in [1.807, 2.05) is 53.7 Å². The Kier molecular flexibility index (Phi) is 7.59. The first-order valence-corrected chi connectivity index (χ1v) is 12.0. The van der Waals surface area contributed by atoms with Crippen molar-refractivity contribution in [2.75, 3.05) is 11.8 Å². The molecule has 8 heteroatoms. The van der Waals surface area contributed by atoms with Crippen LogP contribution in [0.25, 0.3) is 0 Å². The molecule has 0 aliphatic carbocycles. The Morgan fingerprint density at radius 2 is 1.38 bits per heavy atom. The average molecular weight is 472 g/mol. The van der Waals surface area contributed by atoms with Crippen LogP contribution in [0.15, 0.2) is 29.2 Å². The first kappa shape index (κ1) is 26.0. The van der Waals surface area contributed by atoms with E-state index in [-0.39, 0.29) is 39.6 Å². The lowest BCUT2D eigenvalue weighted by Gasteiger charge is -2.24. The number of nitrogens with one attached hydrogen (secondary N) is 1. The van der Waals surface area contributed by atoms with E-state index in [0.29, 0.717) is 11.1 Å². The molecule has 1 N–H and O–H groups in total. The number of hydrogen-bond acceptors (Lipinski definition) is 3. The second kappa shape index (κ2) is 9.33. The topological polar surface area (TPSA) is 55.4 Å². The van der Waals surface area contributed by atoms with Crippen molar-refractivity contribution >= 4 is 15.7 Å². The Bertz CT molecular complexity index is 1060. The average Bonchev–Trinajstić information content (AvgIpc) is 2.67. The number of halogens is 3. The van der Waals surface area contributed by atoms with Gasteiger partial charge >= 0.3 is 6.18 Å². The molecular formula is C24H32F3NO3S. The van der Waals surface area contributed by atoms with Crippen molar-refractivity contribution in [3.63, 3.8) is 0 Å². The van der Waals surface area contributed by atoms with Crippen LogP contribution in [0.2, 0.25) is 0 Å². The Hall–Kier alpha value is -2.22. The highest BCUT2D eigenvalue weighted by Crippen LogP contribution is 2.40. The molecule has 0 aromatic heterocycles. The zero-order valence-electron chi connectivity index (χ0n) is 19.8. The van der Waals surface area contributed by atoms with Gasteiger partial charge in [-0.3, -0.25) is 4.72 Å². The van der Waals surface area contributed by atoms with Crippen LogP contribution >= 0.6 is 0 Å². The van der Waals surface area contributed by atoms with Gasteiger partial charge in [0.15, 0.2) is 0 Å². The molecule has 0 atom stereocenters. The summed E-state index contributed by atoms with van der Waals surface area (Å²) in [7, 11) is -2.95. The molecular weight excluding hydrogens is 439 g/mol. The number of hydrogen-bond donors (Lipinski definition) is 1. The molecule has 4 nitrogen and oxygen atoms in total. The number of rotatable bonds is 7. The predicted octanol–water partition coefficient (Wildman–Crippen LogP) is 7.19. The molecule has 0 bridgehead atoms. The molecule has 0 aliphatic heterocycles. The van der Waals surface area contributed by atoms with Crippen LogP contribution in [0, 0.1) is 6.92 Å². The van der Waals surface area contributed by atoms with Gasteiger partial charge in [0.25, 0.3) is 10.0 Å². The van der Waals surface area contributed by atoms with Gasteiger partial charge in [-0.1, -0.05) is 53.7 Å². The fourth-order valence-electron chi connectivity index (χ4n) is 3.60. The molecule has 2 rings (SSSR count). The smallest absolute Gasteiger partial charge is 0.416 e. The van der Waals surface area contributed by atoms with E-state index in [9.17, 15) is 21.6 Å². The maximum atomic E-state index is 13.6. The Morgan fingerprint density at radius 1 is 0.875 bits per heavy atom. The van der Waals surface area contributed by atoms with Gasteiger partial charge in [0.05, 0.1) is 23.3 Å². The van der Waals surface area contributed by atoms with E-state index < -0.39 is 21.8 Å². The van der Waals surface area contributed by atoms with Crippen LogP contribution in [0.4, 0.5) is 18.9 Å². The van der Waals surface area contributed by atoms with Crippen LogP contribution in [0.5, 0.6) is 5.75 Å². The van der Waals surface area contributed by atoms with Gasteiger partial charge in [-0.05, 0) is 53.0 Å². The number of benzene rings is 2. The summed E-state index contributed by atoms with van der Waals surface area (Å²) in [5.41, 5.74) is 0.992. The second-order valence-electron chi connectivity index (χ2n) is 8.94. The van der Waals surface area contributed by atoms with Gasteiger partial charge in [-0.15, -0.1) is 0 Å². The lowest BCUT2D eigenvalue weighted by Crippen LogP contribution is -2.20. The van der Waals surface area contributed by atoms with Crippen LogP contribution in [-0.4, -0.2) is 15.5 Å². The number of ether oxygens (including phenoxy) is 1. The summed E-state index contributed by atoms with van der Waals surface area (Å²) in [5, 5.41) is 0. The summed E-state index contributed by atoms with van der Waals surface area (Å²) in [6.07, 6.45) is -4.65. The number of alkyl halides is 3. The lowest BCUT2D eigenvalue weighted by atomic mass is 9.89. The molecule has 0 amide bonds. The van der Waals surface area contributed by atoms with Crippen LogP contribution in [0.1, 0.15) is 87.1 Å². The van der Waals surface area contributed by atoms with Crippen molar-refractivity contribution in [2.45, 2.75) is 77.3 Å². The molecule has 0 saturated heterocycles. The summed E-state index contributed by atoms with van der Waals surface area (Å²) in [6, 6.07) is 5.91. The van der Waals surface area contributed by atoms with Crippen molar-refractivity contribution in [1.29, 1.82) is 0 Å². The summed E-state index contributed by atoms with van der Waals surface area (Å²) in [5.74, 6) is -0.0848. The Morgan fingerprint density at radius 3 is 1.75 bits per heavy atom. The van der Waals surface area contributed by atoms with Crippen molar-refractivity contribution in [1.82, 2.24) is 0 Å². The summed E-state index contributed by atoms with van der Waals surface area (Å²) in [4.78, 5) is 0.127. The van der Waals surface area contributed by atoms with E-state index in [2.05, 4.69) is 4.72 Å². The van der Waals surface area contributed by atoms with Crippen LogP contribution in [0.3, 0.4) is 0 Å². The standard InChI is InChI=1S/C24H32F3NO3S/c1-13(2)17-9-19(14(3)4)23(20(10-17)15(5)6)32(29,30)28-22-12-18(31-8)11-21(16(22)7)24(25,26)27/h9-15,28H,1-8H3. The minimum Gasteiger partial charge on any atom is -0.497 e. The normalized spacial score (nSPS) is 12.7. The third kappa shape index (κ3) is 5.39. The zero-order valence-corrected chi connectivity index (χ0v) is 20.6. The molecule has 0 saturated carbocycles. The van der Waals surface area contributed by atoms with E-state index in [0.717, 1.165) is 11.6 Å². The minimum absolute atomic E-state index is 0.0797. The molecule has 2 aromatic carbocycles.